The van der Waals surface area contributed by atoms with Crippen LogP contribution >= 0.6 is 0 Å². The predicted molar refractivity (Wildman–Crippen MR) is 62.9 cm³/mol. The number of phenolic OH excluding ortho intramolecular Hbond substituents is 1. The molecule has 16 heavy (non-hydrogen) atoms. The molecular weight excluding hydrogens is 204 g/mol. The van der Waals surface area contributed by atoms with Crippen LogP contribution in [0, 0.1) is 0 Å². The van der Waals surface area contributed by atoms with Crippen molar-refractivity contribution in [3.05, 3.63) is 48.1 Å². The van der Waals surface area contributed by atoms with Gasteiger partial charge in [0.05, 0.1) is 0 Å². The quantitative estimate of drug-likeness (QED) is 0.480. The molecule has 0 aromatic heterocycles. The molecule has 0 unspecified atom stereocenters. The first-order valence-electron chi connectivity index (χ1n) is 4.97. The minimum Gasteiger partial charge on any atom is -0.508 e. The second kappa shape index (κ2) is 6.45. The van der Waals surface area contributed by atoms with E-state index in [1.165, 1.54) is 6.08 Å². The molecule has 1 rings (SSSR count). The summed E-state index contributed by atoms with van der Waals surface area (Å²) in [6.45, 7) is 2.15. The lowest BCUT2D eigenvalue weighted by Crippen LogP contribution is -1.99. The number of ether oxygens (including phenoxy) is 1. The molecule has 0 spiro atoms. The highest BCUT2D eigenvalue weighted by Crippen LogP contribution is 2.10. The molecule has 1 N–H and O–H groups in total. The van der Waals surface area contributed by atoms with E-state index in [-0.39, 0.29) is 18.3 Å². The number of carbonyl (C=O) groups is 1. The summed E-state index contributed by atoms with van der Waals surface area (Å²) < 4.78 is 4.87. The monoisotopic (exact) mass is 218 g/mol. The number of hydrogen-bond donors (Lipinski definition) is 1. The predicted octanol–water partition coefficient (Wildman–Crippen LogP) is 2.52. The van der Waals surface area contributed by atoms with Crippen molar-refractivity contribution in [1.82, 2.24) is 0 Å². The molecule has 0 aliphatic heterocycles. The van der Waals surface area contributed by atoms with Crippen LogP contribution in [0.5, 0.6) is 5.75 Å². The van der Waals surface area contributed by atoms with Gasteiger partial charge in [0.2, 0.25) is 0 Å². The number of rotatable bonds is 4. The van der Waals surface area contributed by atoms with Crippen LogP contribution in [0.25, 0.3) is 6.08 Å². The standard InChI is InChI=1S/C13H14O3/c1-2-3-10-16-13(15)9-6-11-4-7-12(14)8-5-11/h2-9,14H,10H2,1H3. The fourth-order valence-corrected chi connectivity index (χ4v) is 1.02. The van der Waals surface area contributed by atoms with Gasteiger partial charge in [0.15, 0.2) is 0 Å². The Balaban J connectivity index is 2.47. The molecule has 0 saturated carbocycles. The molecule has 0 radical (unpaired) electrons. The minimum absolute atomic E-state index is 0.202. The van der Waals surface area contributed by atoms with Gasteiger partial charge in [-0.1, -0.05) is 24.3 Å². The first kappa shape index (κ1) is 12.0. The van der Waals surface area contributed by atoms with Gasteiger partial charge in [-0.15, -0.1) is 0 Å². The molecule has 1 aromatic rings. The van der Waals surface area contributed by atoms with Crippen molar-refractivity contribution in [1.29, 1.82) is 0 Å². The maximum Gasteiger partial charge on any atom is 0.331 e. The van der Waals surface area contributed by atoms with Crippen molar-refractivity contribution >= 4 is 12.0 Å². The number of aromatic hydroxyl groups is 1. The third-order valence-electron chi connectivity index (χ3n) is 1.86. The van der Waals surface area contributed by atoms with Crippen molar-refractivity contribution < 1.29 is 14.6 Å². The topological polar surface area (TPSA) is 46.5 Å². The van der Waals surface area contributed by atoms with Gasteiger partial charge in [0.25, 0.3) is 0 Å². The fourth-order valence-electron chi connectivity index (χ4n) is 1.02. The number of benzene rings is 1. The van der Waals surface area contributed by atoms with Crippen LogP contribution in [-0.4, -0.2) is 17.7 Å². The van der Waals surface area contributed by atoms with E-state index < -0.39 is 0 Å². The zero-order valence-electron chi connectivity index (χ0n) is 9.09. The zero-order chi connectivity index (χ0) is 11.8. The lowest BCUT2D eigenvalue weighted by Gasteiger charge is -1.96. The summed E-state index contributed by atoms with van der Waals surface area (Å²) in [5, 5.41) is 9.05. The van der Waals surface area contributed by atoms with Crippen LogP contribution in [-0.2, 0) is 9.53 Å². The van der Waals surface area contributed by atoms with Crippen molar-refractivity contribution in [2.45, 2.75) is 6.92 Å². The van der Waals surface area contributed by atoms with E-state index in [0.717, 1.165) is 5.56 Å². The minimum atomic E-state index is -0.383. The van der Waals surface area contributed by atoms with Gasteiger partial charge in [-0.2, -0.15) is 0 Å². The van der Waals surface area contributed by atoms with Gasteiger partial charge in [0.1, 0.15) is 12.4 Å². The summed E-state index contributed by atoms with van der Waals surface area (Å²) in [5.74, 6) is -0.181. The molecule has 0 atom stereocenters. The first-order valence-corrected chi connectivity index (χ1v) is 4.97. The van der Waals surface area contributed by atoms with Crippen molar-refractivity contribution in [2.75, 3.05) is 6.61 Å². The molecule has 0 aliphatic carbocycles. The molecule has 84 valence electrons. The number of allylic oxidation sites excluding steroid dienone is 1. The van der Waals surface area contributed by atoms with Gasteiger partial charge in [-0.05, 0) is 30.7 Å². The van der Waals surface area contributed by atoms with E-state index in [9.17, 15) is 4.79 Å². The summed E-state index contributed by atoms with van der Waals surface area (Å²) in [7, 11) is 0. The summed E-state index contributed by atoms with van der Waals surface area (Å²) in [6.07, 6.45) is 6.57. The van der Waals surface area contributed by atoms with Crippen LogP contribution in [0.1, 0.15) is 12.5 Å². The van der Waals surface area contributed by atoms with E-state index in [4.69, 9.17) is 9.84 Å². The van der Waals surface area contributed by atoms with E-state index in [0.29, 0.717) is 0 Å². The Morgan fingerprint density at radius 1 is 1.38 bits per heavy atom. The van der Waals surface area contributed by atoms with Crippen LogP contribution < -0.4 is 0 Å². The van der Waals surface area contributed by atoms with Crippen LogP contribution in [0.3, 0.4) is 0 Å². The molecule has 3 heteroatoms. The van der Waals surface area contributed by atoms with E-state index in [1.807, 2.05) is 13.0 Å². The third-order valence-corrected chi connectivity index (χ3v) is 1.86. The average Bonchev–Trinajstić information content (AvgIpc) is 2.29. The smallest absolute Gasteiger partial charge is 0.331 e. The summed E-state index contributed by atoms with van der Waals surface area (Å²) >= 11 is 0. The van der Waals surface area contributed by atoms with Crippen molar-refractivity contribution in [3.8, 4) is 5.75 Å². The molecule has 0 amide bonds. The summed E-state index contributed by atoms with van der Waals surface area (Å²) in [4.78, 5) is 11.2. The number of carbonyl (C=O) groups excluding carboxylic acids is 1. The number of esters is 1. The van der Waals surface area contributed by atoms with Crippen LogP contribution in [0.2, 0.25) is 0 Å². The van der Waals surface area contributed by atoms with E-state index in [2.05, 4.69) is 0 Å². The third kappa shape index (κ3) is 4.46. The maximum atomic E-state index is 11.2. The lowest BCUT2D eigenvalue weighted by molar-refractivity contribution is -0.136. The number of hydrogen-bond acceptors (Lipinski definition) is 3. The Labute approximate surface area is 94.7 Å². The largest absolute Gasteiger partial charge is 0.508 e. The Bertz CT molecular complexity index is 388. The van der Waals surface area contributed by atoms with Gasteiger partial charge in [-0.3, -0.25) is 0 Å². The number of phenols is 1. The molecule has 1 aromatic carbocycles. The summed E-state index contributed by atoms with van der Waals surface area (Å²) in [5.41, 5.74) is 0.834. The second-order valence-electron chi connectivity index (χ2n) is 3.12. The molecule has 0 saturated heterocycles. The summed E-state index contributed by atoms with van der Waals surface area (Å²) in [6, 6.07) is 6.55. The molecule has 0 heterocycles. The Kier molecular flexibility index (Phi) is 4.86. The molecule has 3 nitrogen and oxygen atoms in total. The SMILES string of the molecule is CC=CCOC(=O)C=Cc1ccc(O)cc1. The fraction of sp³-hybridized carbons (Fsp3) is 0.154. The Morgan fingerprint density at radius 2 is 2.06 bits per heavy atom. The van der Waals surface area contributed by atoms with Gasteiger partial charge >= 0.3 is 5.97 Å². The molecule has 0 fully saturated rings. The second-order valence-corrected chi connectivity index (χ2v) is 3.12. The molecule has 0 bridgehead atoms. The van der Waals surface area contributed by atoms with E-state index >= 15 is 0 Å². The maximum absolute atomic E-state index is 11.2. The zero-order valence-corrected chi connectivity index (χ0v) is 9.09. The van der Waals surface area contributed by atoms with Gasteiger partial charge in [-0.25, -0.2) is 4.79 Å². The van der Waals surface area contributed by atoms with E-state index in [1.54, 1.807) is 36.4 Å². The highest BCUT2D eigenvalue weighted by molar-refractivity contribution is 5.87. The van der Waals surface area contributed by atoms with Crippen molar-refractivity contribution in [3.63, 3.8) is 0 Å². The molecular formula is C13H14O3. The van der Waals surface area contributed by atoms with Gasteiger partial charge in [0, 0.05) is 6.08 Å². The Morgan fingerprint density at radius 3 is 2.69 bits per heavy atom. The van der Waals surface area contributed by atoms with Gasteiger partial charge < -0.3 is 9.84 Å². The highest BCUT2D eigenvalue weighted by atomic mass is 16.5. The first-order chi connectivity index (χ1) is 7.72. The normalized spacial score (nSPS) is 11.1. The highest BCUT2D eigenvalue weighted by Gasteiger charge is 1.94. The lowest BCUT2D eigenvalue weighted by atomic mass is 10.2. The van der Waals surface area contributed by atoms with Crippen LogP contribution in [0.4, 0.5) is 0 Å². The Hall–Kier alpha value is -2.03. The average molecular weight is 218 g/mol. The van der Waals surface area contributed by atoms with Crippen molar-refractivity contribution in [2.24, 2.45) is 0 Å². The molecule has 0 aliphatic rings. The van der Waals surface area contributed by atoms with Crippen LogP contribution in [0.15, 0.2) is 42.5 Å².